The molecular weight excluding hydrogens is 225 g/mol. The Labute approximate surface area is 98.0 Å². The summed E-state index contributed by atoms with van der Waals surface area (Å²) in [5.74, 6) is -0.508. The predicted octanol–water partition coefficient (Wildman–Crippen LogP) is 1.40. The monoisotopic (exact) mass is 239 g/mol. The van der Waals surface area contributed by atoms with E-state index in [1.54, 1.807) is 6.92 Å². The van der Waals surface area contributed by atoms with Crippen molar-refractivity contribution in [2.75, 3.05) is 13.8 Å². The second-order valence-corrected chi connectivity index (χ2v) is 4.43. The average Bonchev–Trinajstić information content (AvgIpc) is 3.09. The second-order valence-electron chi connectivity index (χ2n) is 4.43. The van der Waals surface area contributed by atoms with E-state index in [0.29, 0.717) is 24.0 Å². The van der Waals surface area contributed by atoms with Crippen molar-refractivity contribution < 1.29 is 13.9 Å². The lowest BCUT2D eigenvalue weighted by Gasteiger charge is -2.16. The van der Waals surface area contributed by atoms with Gasteiger partial charge in [0, 0.05) is 12.3 Å². The molecule has 4 nitrogen and oxygen atoms in total. The molecule has 1 fully saturated rings. The Balaban J connectivity index is 2.54. The van der Waals surface area contributed by atoms with Gasteiger partial charge in [-0.15, -0.1) is 0 Å². The maximum absolute atomic E-state index is 12.9. The number of halogens is 1. The molecule has 0 radical (unpaired) electrons. The standard InChI is InChI=1S/C12H14FNO3/c1-8-5-10(15)14(12(7-13)3-4-12)6-9(8)11(16)17-2/h5-6H,3-4,7H2,1-2H3. The van der Waals surface area contributed by atoms with Crippen LogP contribution < -0.4 is 5.56 Å². The highest BCUT2D eigenvalue weighted by Crippen LogP contribution is 2.42. The van der Waals surface area contributed by atoms with Crippen molar-refractivity contribution in [3.8, 4) is 0 Å². The van der Waals surface area contributed by atoms with Gasteiger partial charge in [0.05, 0.1) is 18.2 Å². The van der Waals surface area contributed by atoms with Gasteiger partial charge in [-0.3, -0.25) is 4.79 Å². The number of hydrogen-bond donors (Lipinski definition) is 0. The van der Waals surface area contributed by atoms with Crippen LogP contribution in [0.3, 0.4) is 0 Å². The summed E-state index contributed by atoms with van der Waals surface area (Å²) in [4.78, 5) is 23.3. The maximum Gasteiger partial charge on any atom is 0.339 e. The molecule has 92 valence electrons. The van der Waals surface area contributed by atoms with Crippen LogP contribution in [0.5, 0.6) is 0 Å². The summed E-state index contributed by atoms with van der Waals surface area (Å²) < 4.78 is 18.9. The zero-order chi connectivity index (χ0) is 12.6. The number of alkyl halides is 1. The van der Waals surface area contributed by atoms with Gasteiger partial charge in [-0.1, -0.05) is 0 Å². The average molecular weight is 239 g/mol. The van der Waals surface area contributed by atoms with Crippen molar-refractivity contribution in [3.63, 3.8) is 0 Å². The third-order valence-electron chi connectivity index (χ3n) is 3.25. The number of nitrogens with zero attached hydrogens (tertiary/aromatic N) is 1. The summed E-state index contributed by atoms with van der Waals surface area (Å²) in [7, 11) is 1.28. The molecule has 2 rings (SSSR count). The van der Waals surface area contributed by atoms with Gasteiger partial charge in [-0.2, -0.15) is 0 Å². The molecule has 0 bridgehead atoms. The van der Waals surface area contributed by atoms with Gasteiger partial charge in [0.1, 0.15) is 6.67 Å². The van der Waals surface area contributed by atoms with Crippen LogP contribution in [0.1, 0.15) is 28.8 Å². The molecule has 1 aliphatic rings. The lowest BCUT2D eigenvalue weighted by atomic mass is 10.1. The summed E-state index contributed by atoms with van der Waals surface area (Å²) in [6.07, 6.45) is 2.68. The number of hydrogen-bond acceptors (Lipinski definition) is 3. The molecule has 0 aromatic carbocycles. The smallest absolute Gasteiger partial charge is 0.339 e. The molecule has 0 N–H and O–H groups in total. The molecule has 17 heavy (non-hydrogen) atoms. The van der Waals surface area contributed by atoms with Crippen molar-refractivity contribution >= 4 is 5.97 Å². The molecule has 1 aliphatic carbocycles. The van der Waals surface area contributed by atoms with Gasteiger partial charge in [-0.25, -0.2) is 9.18 Å². The summed E-state index contributed by atoms with van der Waals surface area (Å²) in [5.41, 5.74) is -0.141. The Kier molecular flexibility index (Phi) is 2.77. The molecule has 0 amide bonds. The van der Waals surface area contributed by atoms with Crippen LogP contribution >= 0.6 is 0 Å². The van der Waals surface area contributed by atoms with E-state index >= 15 is 0 Å². The van der Waals surface area contributed by atoms with E-state index in [1.165, 1.54) is 23.9 Å². The normalized spacial score (nSPS) is 16.6. The van der Waals surface area contributed by atoms with E-state index in [-0.39, 0.29) is 5.56 Å². The fourth-order valence-corrected chi connectivity index (χ4v) is 1.90. The molecule has 0 aliphatic heterocycles. The SMILES string of the molecule is COC(=O)c1cn(C2(CF)CC2)c(=O)cc1C. The zero-order valence-corrected chi connectivity index (χ0v) is 9.83. The van der Waals surface area contributed by atoms with Gasteiger partial charge in [0.2, 0.25) is 0 Å². The minimum absolute atomic E-state index is 0.273. The van der Waals surface area contributed by atoms with Crippen molar-refractivity contribution in [1.29, 1.82) is 0 Å². The lowest BCUT2D eigenvalue weighted by molar-refractivity contribution is 0.0598. The highest BCUT2D eigenvalue weighted by Gasteiger charge is 2.45. The third kappa shape index (κ3) is 1.85. The first-order valence-electron chi connectivity index (χ1n) is 5.42. The van der Waals surface area contributed by atoms with Gasteiger partial charge >= 0.3 is 5.97 Å². The number of carbonyl (C=O) groups is 1. The number of methoxy groups -OCH3 is 1. The van der Waals surface area contributed by atoms with E-state index in [4.69, 9.17) is 0 Å². The summed E-state index contributed by atoms with van der Waals surface area (Å²) in [6, 6.07) is 1.35. The number of rotatable bonds is 3. The quantitative estimate of drug-likeness (QED) is 0.749. The maximum atomic E-state index is 12.9. The Morgan fingerprint density at radius 3 is 2.71 bits per heavy atom. The molecular formula is C12H14FNO3. The molecule has 0 atom stereocenters. The minimum atomic E-state index is -0.729. The van der Waals surface area contributed by atoms with E-state index in [1.807, 2.05) is 0 Å². The first kappa shape index (κ1) is 11.8. The number of aromatic nitrogens is 1. The minimum Gasteiger partial charge on any atom is -0.465 e. The van der Waals surface area contributed by atoms with Crippen molar-refractivity contribution in [1.82, 2.24) is 4.57 Å². The van der Waals surface area contributed by atoms with Gasteiger partial charge < -0.3 is 9.30 Å². The highest BCUT2D eigenvalue weighted by molar-refractivity contribution is 5.90. The fraction of sp³-hybridized carbons (Fsp3) is 0.500. The Hall–Kier alpha value is -1.65. The largest absolute Gasteiger partial charge is 0.465 e. The first-order valence-corrected chi connectivity index (χ1v) is 5.42. The third-order valence-corrected chi connectivity index (χ3v) is 3.25. The molecule has 1 heterocycles. The molecule has 0 spiro atoms. The first-order chi connectivity index (χ1) is 8.04. The fourth-order valence-electron chi connectivity index (χ4n) is 1.90. The van der Waals surface area contributed by atoms with Crippen LogP contribution in [0.15, 0.2) is 17.1 Å². The number of ether oxygens (including phenoxy) is 1. The van der Waals surface area contributed by atoms with Gasteiger partial charge in [0.15, 0.2) is 0 Å². The number of pyridine rings is 1. The number of aryl methyl sites for hydroxylation is 1. The van der Waals surface area contributed by atoms with Crippen LogP contribution in [0.2, 0.25) is 0 Å². The van der Waals surface area contributed by atoms with Crippen LogP contribution in [-0.2, 0) is 10.3 Å². The van der Waals surface area contributed by atoms with E-state index in [2.05, 4.69) is 4.74 Å². The van der Waals surface area contributed by atoms with E-state index < -0.39 is 18.2 Å². The van der Waals surface area contributed by atoms with Crippen molar-refractivity contribution in [3.05, 3.63) is 33.7 Å². The molecule has 0 saturated heterocycles. The number of carbonyl (C=O) groups excluding carboxylic acids is 1. The molecule has 0 unspecified atom stereocenters. The Bertz CT molecular complexity index is 517. The summed E-state index contributed by atoms with van der Waals surface area (Å²) in [5, 5.41) is 0. The zero-order valence-electron chi connectivity index (χ0n) is 9.83. The van der Waals surface area contributed by atoms with E-state index in [0.717, 1.165) is 0 Å². The Morgan fingerprint density at radius 1 is 1.59 bits per heavy atom. The number of esters is 1. The lowest BCUT2D eigenvalue weighted by Crippen LogP contribution is -2.32. The molecule has 1 aromatic heterocycles. The van der Waals surface area contributed by atoms with Crippen LogP contribution in [-0.4, -0.2) is 24.3 Å². The molecule has 5 heteroatoms. The predicted molar refractivity (Wildman–Crippen MR) is 60.0 cm³/mol. The highest BCUT2D eigenvalue weighted by atomic mass is 19.1. The summed E-state index contributed by atoms with van der Waals surface area (Å²) in [6.45, 7) is 1.07. The van der Waals surface area contributed by atoms with Crippen molar-refractivity contribution in [2.45, 2.75) is 25.3 Å². The van der Waals surface area contributed by atoms with Crippen LogP contribution in [0.4, 0.5) is 4.39 Å². The van der Waals surface area contributed by atoms with Gasteiger partial charge in [-0.05, 0) is 25.3 Å². The second kappa shape index (κ2) is 3.98. The van der Waals surface area contributed by atoms with Crippen molar-refractivity contribution in [2.24, 2.45) is 0 Å². The van der Waals surface area contributed by atoms with E-state index in [9.17, 15) is 14.0 Å². The van der Waals surface area contributed by atoms with Crippen LogP contribution in [0.25, 0.3) is 0 Å². The summed E-state index contributed by atoms with van der Waals surface area (Å²) >= 11 is 0. The molecule has 1 aromatic rings. The Morgan fingerprint density at radius 2 is 2.24 bits per heavy atom. The molecule has 1 saturated carbocycles. The topological polar surface area (TPSA) is 48.3 Å². The van der Waals surface area contributed by atoms with Gasteiger partial charge in [0.25, 0.3) is 5.56 Å². The van der Waals surface area contributed by atoms with Crippen LogP contribution in [0, 0.1) is 6.92 Å².